The maximum Gasteiger partial charge on any atom is 0.264 e. The summed E-state index contributed by atoms with van der Waals surface area (Å²) in [5.74, 6) is -0.703. The van der Waals surface area contributed by atoms with Gasteiger partial charge >= 0.3 is 0 Å². The number of aryl methyl sites for hydroxylation is 3. The van der Waals surface area contributed by atoms with Crippen molar-refractivity contribution >= 4 is 27.5 Å². The minimum Gasteiger partial charge on any atom is -0.350 e. The second kappa shape index (κ2) is 13.3. The molecule has 3 rings (SSSR count). The van der Waals surface area contributed by atoms with Crippen molar-refractivity contribution in [1.29, 1.82) is 0 Å². The zero-order valence-corrected chi connectivity index (χ0v) is 26.1. The van der Waals surface area contributed by atoms with Crippen molar-refractivity contribution < 1.29 is 18.0 Å². The van der Waals surface area contributed by atoms with Crippen LogP contribution in [0.3, 0.4) is 0 Å². The van der Waals surface area contributed by atoms with Crippen LogP contribution in [0.5, 0.6) is 0 Å². The molecular weight excluding hydrogens is 534 g/mol. The standard InChI is InChI=1S/C33H43N3O4S/c1-8-30(32(38)34-33(5,6)7)35(21-20-27-12-10-9-11-13-27)31(37)23-36(28-17-16-25(3)26(4)22-28)41(39,40)29-18-14-24(2)15-19-29/h9-19,22,30H,8,20-21,23H2,1-7H3,(H,34,38). The summed E-state index contributed by atoms with van der Waals surface area (Å²) in [6.07, 6.45) is 0.914. The van der Waals surface area contributed by atoms with Gasteiger partial charge in [0.2, 0.25) is 11.8 Å². The third-order valence-electron chi connectivity index (χ3n) is 7.03. The largest absolute Gasteiger partial charge is 0.350 e. The van der Waals surface area contributed by atoms with E-state index < -0.39 is 34.1 Å². The minimum absolute atomic E-state index is 0.0995. The van der Waals surface area contributed by atoms with Crippen molar-refractivity contribution in [2.45, 2.75) is 77.8 Å². The number of nitrogens with zero attached hydrogens (tertiary/aromatic N) is 2. The Kier molecular flexibility index (Phi) is 10.4. The average Bonchev–Trinajstić information content (AvgIpc) is 2.90. The van der Waals surface area contributed by atoms with Crippen LogP contribution in [-0.4, -0.2) is 49.8 Å². The fourth-order valence-electron chi connectivity index (χ4n) is 4.60. The van der Waals surface area contributed by atoms with Gasteiger partial charge in [0.05, 0.1) is 10.6 Å². The van der Waals surface area contributed by atoms with Crippen LogP contribution < -0.4 is 9.62 Å². The third kappa shape index (κ3) is 8.43. The molecule has 0 spiro atoms. The van der Waals surface area contributed by atoms with Crippen LogP contribution in [0.25, 0.3) is 0 Å². The molecule has 0 aromatic heterocycles. The molecule has 7 nitrogen and oxygen atoms in total. The SMILES string of the molecule is CCC(C(=O)NC(C)(C)C)N(CCc1ccccc1)C(=O)CN(c1ccc(C)c(C)c1)S(=O)(=O)c1ccc(C)cc1. The highest BCUT2D eigenvalue weighted by molar-refractivity contribution is 7.92. The van der Waals surface area contributed by atoms with Gasteiger partial charge in [-0.1, -0.05) is 61.0 Å². The Hall–Kier alpha value is -3.65. The lowest BCUT2D eigenvalue weighted by Gasteiger charge is -2.35. The molecular formula is C33H43N3O4S. The third-order valence-corrected chi connectivity index (χ3v) is 8.82. The molecule has 8 heteroatoms. The summed E-state index contributed by atoms with van der Waals surface area (Å²) in [5.41, 5.74) is 3.80. The van der Waals surface area contributed by atoms with Gasteiger partial charge in [-0.2, -0.15) is 0 Å². The number of hydrogen-bond donors (Lipinski definition) is 1. The van der Waals surface area contributed by atoms with Crippen molar-refractivity contribution in [3.8, 4) is 0 Å². The molecule has 1 atom stereocenters. The number of anilines is 1. The first-order valence-electron chi connectivity index (χ1n) is 14.0. The van der Waals surface area contributed by atoms with Crippen LogP contribution in [0.2, 0.25) is 0 Å². The Morgan fingerprint density at radius 2 is 1.51 bits per heavy atom. The van der Waals surface area contributed by atoms with Crippen molar-refractivity contribution in [3.05, 3.63) is 95.1 Å². The lowest BCUT2D eigenvalue weighted by atomic mass is 10.1. The summed E-state index contributed by atoms with van der Waals surface area (Å²) in [4.78, 5) is 29.2. The Balaban J connectivity index is 2.04. The number of rotatable bonds is 11. The van der Waals surface area contributed by atoms with E-state index in [0.717, 1.165) is 26.6 Å². The van der Waals surface area contributed by atoms with E-state index in [9.17, 15) is 18.0 Å². The first-order chi connectivity index (χ1) is 19.2. The zero-order valence-electron chi connectivity index (χ0n) is 25.3. The minimum atomic E-state index is -4.09. The van der Waals surface area contributed by atoms with Gasteiger partial charge in [0, 0.05) is 12.1 Å². The summed E-state index contributed by atoms with van der Waals surface area (Å²) in [6.45, 7) is 13.1. The quantitative estimate of drug-likeness (QED) is 0.323. The number of amides is 2. The topological polar surface area (TPSA) is 86.8 Å². The van der Waals surface area contributed by atoms with Crippen LogP contribution >= 0.6 is 0 Å². The first kappa shape index (κ1) is 31.9. The fraction of sp³-hybridized carbons (Fsp3) is 0.394. The van der Waals surface area contributed by atoms with Crippen molar-refractivity contribution in [3.63, 3.8) is 0 Å². The highest BCUT2D eigenvalue weighted by atomic mass is 32.2. The van der Waals surface area contributed by atoms with Crippen LogP contribution in [-0.2, 0) is 26.0 Å². The molecule has 1 N–H and O–H groups in total. The summed E-state index contributed by atoms with van der Waals surface area (Å²) in [5, 5.41) is 3.00. The fourth-order valence-corrected chi connectivity index (χ4v) is 6.00. The van der Waals surface area contributed by atoms with E-state index in [-0.39, 0.29) is 17.3 Å². The second-order valence-corrected chi connectivity index (χ2v) is 13.4. The molecule has 0 aliphatic carbocycles. The molecule has 0 aliphatic heterocycles. The summed E-state index contributed by atoms with van der Waals surface area (Å²) < 4.78 is 29.2. The van der Waals surface area contributed by atoms with Crippen LogP contribution in [0, 0.1) is 20.8 Å². The van der Waals surface area contributed by atoms with Gasteiger partial charge in [0.1, 0.15) is 12.6 Å². The van der Waals surface area contributed by atoms with Gasteiger partial charge in [0.25, 0.3) is 10.0 Å². The zero-order chi connectivity index (χ0) is 30.4. The molecule has 0 saturated heterocycles. The average molecular weight is 578 g/mol. The van der Waals surface area contributed by atoms with Crippen LogP contribution in [0.4, 0.5) is 5.69 Å². The molecule has 41 heavy (non-hydrogen) atoms. The predicted octanol–water partition coefficient (Wildman–Crippen LogP) is 5.57. The Morgan fingerprint density at radius 3 is 2.07 bits per heavy atom. The van der Waals surface area contributed by atoms with E-state index in [1.165, 1.54) is 4.90 Å². The van der Waals surface area contributed by atoms with Gasteiger partial charge in [-0.25, -0.2) is 8.42 Å². The number of benzene rings is 3. The molecule has 2 amide bonds. The van der Waals surface area contributed by atoms with Gasteiger partial charge in [-0.3, -0.25) is 13.9 Å². The maximum absolute atomic E-state index is 14.1. The van der Waals surface area contributed by atoms with E-state index in [1.54, 1.807) is 36.4 Å². The van der Waals surface area contributed by atoms with E-state index >= 15 is 0 Å². The van der Waals surface area contributed by atoms with E-state index in [2.05, 4.69) is 5.32 Å². The first-order valence-corrected chi connectivity index (χ1v) is 15.5. The van der Waals surface area contributed by atoms with Gasteiger partial charge < -0.3 is 10.2 Å². The Bertz CT molecular complexity index is 1450. The Labute approximate surface area is 245 Å². The lowest BCUT2D eigenvalue weighted by molar-refractivity contribution is -0.140. The van der Waals surface area contributed by atoms with E-state index in [0.29, 0.717) is 18.5 Å². The van der Waals surface area contributed by atoms with Crippen molar-refractivity contribution in [1.82, 2.24) is 10.2 Å². The number of nitrogens with one attached hydrogen (secondary N) is 1. The molecule has 3 aromatic carbocycles. The number of carbonyl (C=O) groups is 2. The highest BCUT2D eigenvalue weighted by Crippen LogP contribution is 2.27. The predicted molar refractivity (Wildman–Crippen MR) is 165 cm³/mol. The summed E-state index contributed by atoms with van der Waals surface area (Å²) in [7, 11) is -4.09. The molecule has 0 heterocycles. The number of sulfonamides is 1. The second-order valence-electron chi connectivity index (χ2n) is 11.6. The molecule has 0 aliphatic rings. The molecule has 0 bridgehead atoms. The molecule has 0 fully saturated rings. The van der Waals surface area contributed by atoms with Gasteiger partial charge in [-0.05, 0) is 95.3 Å². The molecule has 0 radical (unpaired) electrons. The normalized spacial score (nSPS) is 12.5. The number of carbonyl (C=O) groups excluding carboxylic acids is 2. The van der Waals surface area contributed by atoms with Crippen molar-refractivity contribution in [2.75, 3.05) is 17.4 Å². The van der Waals surface area contributed by atoms with E-state index in [4.69, 9.17) is 0 Å². The summed E-state index contributed by atoms with van der Waals surface area (Å²) in [6, 6.07) is 20.9. The summed E-state index contributed by atoms with van der Waals surface area (Å²) >= 11 is 0. The van der Waals surface area contributed by atoms with Crippen LogP contribution in [0.15, 0.2) is 77.7 Å². The lowest BCUT2D eigenvalue weighted by Crippen LogP contribution is -2.56. The molecule has 3 aromatic rings. The van der Waals surface area contributed by atoms with Gasteiger partial charge in [0.15, 0.2) is 0 Å². The highest BCUT2D eigenvalue weighted by Gasteiger charge is 2.34. The molecule has 220 valence electrons. The van der Waals surface area contributed by atoms with Crippen molar-refractivity contribution in [2.24, 2.45) is 0 Å². The number of hydrogen-bond acceptors (Lipinski definition) is 4. The molecule has 0 saturated carbocycles. The smallest absolute Gasteiger partial charge is 0.264 e. The van der Waals surface area contributed by atoms with Gasteiger partial charge in [-0.15, -0.1) is 0 Å². The monoisotopic (exact) mass is 577 g/mol. The van der Waals surface area contributed by atoms with Crippen LogP contribution in [0.1, 0.15) is 56.4 Å². The van der Waals surface area contributed by atoms with E-state index in [1.807, 2.05) is 84.9 Å². The molecule has 1 unspecified atom stereocenters. The maximum atomic E-state index is 14.1. The Morgan fingerprint density at radius 1 is 0.878 bits per heavy atom.